The molecule has 0 aliphatic carbocycles. The third kappa shape index (κ3) is 9.56. The Hall–Kier alpha value is -5.50. The molecule has 10 rings (SSSR count). The first-order valence-corrected chi connectivity index (χ1v) is 23.2. The van der Waals surface area contributed by atoms with Gasteiger partial charge in [0.15, 0.2) is 10.3 Å². The number of benzene rings is 2. The zero-order valence-corrected chi connectivity index (χ0v) is 38.3. The van der Waals surface area contributed by atoms with Crippen LogP contribution in [-0.2, 0) is 14.9 Å². The molecule has 0 saturated carbocycles. The predicted molar refractivity (Wildman–Crippen MR) is 255 cm³/mol. The highest BCUT2D eigenvalue weighted by Crippen LogP contribution is 2.44. The van der Waals surface area contributed by atoms with Gasteiger partial charge in [-0.05, 0) is 62.6 Å². The molecule has 4 aliphatic heterocycles. The molecule has 1 unspecified atom stereocenters. The fraction of sp³-hybridized carbons (Fsp3) is 0.422. The lowest BCUT2D eigenvalue weighted by molar-refractivity contribution is 0.145. The van der Waals surface area contributed by atoms with Crippen LogP contribution in [0.15, 0.2) is 84.1 Å². The van der Waals surface area contributed by atoms with E-state index >= 15 is 0 Å². The van der Waals surface area contributed by atoms with Gasteiger partial charge in [0, 0.05) is 160 Å². The molecule has 8 heterocycles. The number of methoxy groups -OCH3 is 2. The van der Waals surface area contributed by atoms with E-state index in [-0.39, 0.29) is 11.3 Å². The van der Waals surface area contributed by atoms with Crippen molar-refractivity contribution in [3.8, 4) is 0 Å². The third-order valence-corrected chi connectivity index (χ3v) is 13.8. The number of anilines is 10. The van der Waals surface area contributed by atoms with Crippen LogP contribution in [-0.4, -0.2) is 147 Å². The van der Waals surface area contributed by atoms with Gasteiger partial charge in [0.1, 0.15) is 11.6 Å². The lowest BCUT2D eigenvalue weighted by Crippen LogP contribution is -2.44. The number of hydrogen-bond donors (Lipinski definition) is 2. The summed E-state index contributed by atoms with van der Waals surface area (Å²) in [6.45, 7) is 13.6. The number of likely N-dealkylation sites (N-methyl/N-ethyl adjacent to an activating group) is 2. The monoisotopic (exact) mass is 888 g/mol. The molecule has 330 valence electrons. The van der Waals surface area contributed by atoms with Crippen molar-refractivity contribution in [1.29, 1.82) is 0 Å². The number of ether oxygens (including phenoxy) is 2. The number of thiazole rings is 2. The van der Waals surface area contributed by atoms with Crippen molar-refractivity contribution in [2.45, 2.75) is 18.3 Å². The molecule has 4 aromatic heterocycles. The van der Waals surface area contributed by atoms with E-state index in [1.807, 2.05) is 35.5 Å². The summed E-state index contributed by atoms with van der Waals surface area (Å²) in [4.78, 5) is 41.8. The van der Waals surface area contributed by atoms with Gasteiger partial charge in [-0.3, -0.25) is 0 Å². The molecule has 63 heavy (non-hydrogen) atoms. The lowest BCUT2D eigenvalue weighted by Gasteiger charge is -2.34. The van der Waals surface area contributed by atoms with Gasteiger partial charge in [-0.2, -0.15) is 9.97 Å². The van der Waals surface area contributed by atoms with Crippen LogP contribution in [0.2, 0.25) is 0 Å². The van der Waals surface area contributed by atoms with Crippen molar-refractivity contribution in [2.75, 3.05) is 137 Å². The maximum absolute atomic E-state index is 5.52. The summed E-state index contributed by atoms with van der Waals surface area (Å²) in [5.41, 5.74) is 6.47. The van der Waals surface area contributed by atoms with E-state index in [0.29, 0.717) is 25.1 Å². The van der Waals surface area contributed by atoms with E-state index in [1.54, 1.807) is 36.9 Å². The minimum Gasteiger partial charge on any atom is -0.384 e. The molecule has 6 aromatic rings. The SMILES string of the molecule is COCC1CN(c2nccs2)c2nc(Nc3ccc(N4CCN(C)CC4)cc3)ncc21.COC[C@@]1(C)CN(c2nccs2)c2nc(Nc3ccc(N4CCN(C)CC4)cc3)ncc21. The zero-order chi connectivity index (χ0) is 43.3. The predicted octanol–water partition coefficient (Wildman–Crippen LogP) is 6.79. The van der Waals surface area contributed by atoms with Crippen LogP contribution in [0.1, 0.15) is 24.0 Å². The topological polar surface area (TPSA) is 139 Å². The third-order valence-electron chi connectivity index (χ3n) is 12.2. The number of fused-ring (bicyclic) bond motifs is 2. The standard InChI is InChI=1S/C23H29N7OS.C22H27N7OS/c1-23(16-31-3)15-30(22-24-8-13-32-22)20-19(23)14-25-21(27-20)26-17-4-6-18(7-5-17)29-11-9-28(2)10-12-29;1-27-8-10-28(11-9-27)18-5-3-17(4-6-18)25-21-24-13-19-16(15-30-2)14-29(20(19)26-21)22-23-7-12-31-22/h4-8,13-14H,9-12,15-16H2,1-3H3,(H,25,26,27);3-7,12-13,16H,8-11,14-15H2,1-2H3,(H,24,25,26)/t23-;/m1./s1. The molecule has 18 heteroatoms. The fourth-order valence-electron chi connectivity index (χ4n) is 8.63. The largest absolute Gasteiger partial charge is 0.384 e. The van der Waals surface area contributed by atoms with Crippen LogP contribution in [0.4, 0.5) is 56.5 Å². The van der Waals surface area contributed by atoms with Crippen LogP contribution in [0.25, 0.3) is 0 Å². The Labute approximate surface area is 377 Å². The van der Waals surface area contributed by atoms with Crippen LogP contribution in [0.5, 0.6) is 0 Å². The van der Waals surface area contributed by atoms with E-state index in [1.165, 1.54) is 11.4 Å². The maximum Gasteiger partial charge on any atom is 0.229 e. The summed E-state index contributed by atoms with van der Waals surface area (Å²) in [6.07, 6.45) is 7.50. The Morgan fingerprint density at radius 3 is 1.68 bits per heavy atom. The van der Waals surface area contributed by atoms with Crippen LogP contribution in [0.3, 0.4) is 0 Å². The second kappa shape index (κ2) is 19.1. The molecule has 2 N–H and O–H groups in total. The van der Waals surface area contributed by atoms with Gasteiger partial charge >= 0.3 is 0 Å². The van der Waals surface area contributed by atoms with Crippen molar-refractivity contribution in [3.05, 3.63) is 95.2 Å². The number of piperazine rings is 2. The van der Waals surface area contributed by atoms with Crippen molar-refractivity contribution in [3.63, 3.8) is 0 Å². The molecule has 0 amide bonds. The lowest BCUT2D eigenvalue weighted by atomic mass is 9.87. The normalized spacial score (nSPS) is 20.0. The molecule has 4 aliphatic rings. The Bertz CT molecular complexity index is 2390. The van der Waals surface area contributed by atoms with E-state index < -0.39 is 0 Å². The summed E-state index contributed by atoms with van der Waals surface area (Å²) in [5.74, 6) is 3.21. The molecular formula is C45H56N14O2S2. The highest BCUT2D eigenvalue weighted by Gasteiger charge is 2.42. The first kappa shape index (κ1) is 42.8. The van der Waals surface area contributed by atoms with Gasteiger partial charge in [0.05, 0.1) is 13.2 Å². The molecule has 0 radical (unpaired) electrons. The number of hydrogen-bond acceptors (Lipinski definition) is 18. The Balaban J connectivity index is 0.000000160. The molecule has 0 bridgehead atoms. The first-order valence-electron chi connectivity index (χ1n) is 21.4. The van der Waals surface area contributed by atoms with Crippen molar-refractivity contribution < 1.29 is 9.47 Å². The van der Waals surface area contributed by atoms with Gasteiger partial charge in [-0.15, -0.1) is 22.7 Å². The van der Waals surface area contributed by atoms with Crippen molar-refractivity contribution in [2.24, 2.45) is 0 Å². The minimum absolute atomic E-state index is 0.182. The molecule has 0 spiro atoms. The summed E-state index contributed by atoms with van der Waals surface area (Å²) >= 11 is 3.23. The highest BCUT2D eigenvalue weighted by molar-refractivity contribution is 7.14. The summed E-state index contributed by atoms with van der Waals surface area (Å²) < 4.78 is 10.9. The van der Waals surface area contributed by atoms with Crippen molar-refractivity contribution in [1.82, 2.24) is 39.7 Å². The van der Waals surface area contributed by atoms with Crippen molar-refractivity contribution >= 4 is 79.2 Å². The summed E-state index contributed by atoms with van der Waals surface area (Å²) in [6, 6.07) is 17.0. The van der Waals surface area contributed by atoms with E-state index in [0.717, 1.165) is 110 Å². The van der Waals surface area contributed by atoms with Gasteiger partial charge in [0.25, 0.3) is 0 Å². The molecular weight excluding hydrogens is 833 g/mol. The van der Waals surface area contributed by atoms with Gasteiger partial charge in [-0.1, -0.05) is 6.92 Å². The number of nitrogens with zero attached hydrogens (tertiary/aromatic N) is 12. The Kier molecular flexibility index (Phi) is 13.0. The van der Waals surface area contributed by atoms with E-state index in [2.05, 4.69) is 130 Å². The number of rotatable bonds is 12. The highest BCUT2D eigenvalue weighted by atomic mass is 32.1. The number of nitrogens with one attached hydrogen (secondary N) is 2. The van der Waals surface area contributed by atoms with Gasteiger partial charge < -0.3 is 49.5 Å². The first-order chi connectivity index (χ1) is 30.8. The smallest absolute Gasteiger partial charge is 0.229 e. The summed E-state index contributed by atoms with van der Waals surface area (Å²) in [5, 5.41) is 12.6. The average molecular weight is 889 g/mol. The second-order valence-corrected chi connectivity index (χ2v) is 18.5. The van der Waals surface area contributed by atoms with Crippen LogP contribution in [0, 0.1) is 0 Å². The molecule has 2 saturated heterocycles. The second-order valence-electron chi connectivity index (χ2n) is 16.8. The Morgan fingerprint density at radius 1 is 0.651 bits per heavy atom. The molecule has 2 atom stereocenters. The molecule has 2 aromatic carbocycles. The van der Waals surface area contributed by atoms with E-state index in [9.17, 15) is 0 Å². The van der Waals surface area contributed by atoms with Crippen LogP contribution >= 0.6 is 22.7 Å². The fourth-order valence-corrected chi connectivity index (χ4v) is 9.93. The van der Waals surface area contributed by atoms with Gasteiger partial charge in [0.2, 0.25) is 11.9 Å². The van der Waals surface area contributed by atoms with Crippen LogP contribution < -0.4 is 30.2 Å². The molecule has 16 nitrogen and oxygen atoms in total. The number of aromatic nitrogens is 6. The quantitative estimate of drug-likeness (QED) is 0.133. The summed E-state index contributed by atoms with van der Waals surface area (Å²) in [7, 11) is 7.82. The maximum atomic E-state index is 5.52. The average Bonchev–Trinajstić information content (AvgIpc) is 4.14. The van der Waals surface area contributed by atoms with E-state index in [4.69, 9.17) is 19.4 Å². The zero-order valence-electron chi connectivity index (χ0n) is 36.6. The molecule has 2 fully saturated rings. The Morgan fingerprint density at radius 2 is 1.17 bits per heavy atom. The van der Waals surface area contributed by atoms with Gasteiger partial charge in [-0.25, -0.2) is 19.9 Å². The minimum atomic E-state index is -0.182.